The van der Waals surface area contributed by atoms with Crippen LogP contribution in [-0.2, 0) is 11.2 Å². The van der Waals surface area contributed by atoms with Crippen LogP contribution in [0, 0.1) is 6.92 Å². The lowest BCUT2D eigenvalue weighted by Gasteiger charge is -2.32. The maximum atomic E-state index is 12.0. The van der Waals surface area contributed by atoms with E-state index < -0.39 is 0 Å². The Balaban J connectivity index is 1.41. The minimum absolute atomic E-state index is 0.0203. The lowest BCUT2D eigenvalue weighted by atomic mass is 10.1. The van der Waals surface area contributed by atoms with Gasteiger partial charge in [-0.05, 0) is 20.8 Å². The molecule has 0 N–H and O–H groups in total. The van der Waals surface area contributed by atoms with Gasteiger partial charge in [-0.2, -0.15) is 0 Å². The van der Waals surface area contributed by atoms with Crippen LogP contribution in [0.15, 0.2) is 18.7 Å². The molecule has 9 heteroatoms. The summed E-state index contributed by atoms with van der Waals surface area (Å²) in [7, 11) is 0. The highest BCUT2D eigenvalue weighted by molar-refractivity contribution is 5.67. The summed E-state index contributed by atoms with van der Waals surface area (Å²) >= 11 is 0. The molecule has 0 aromatic carbocycles. The lowest BCUT2D eigenvalue weighted by Crippen LogP contribution is -2.42. The van der Waals surface area contributed by atoms with Gasteiger partial charge < -0.3 is 14.4 Å². The molecule has 1 amide bonds. The highest BCUT2D eigenvalue weighted by atomic mass is 16.6. The van der Waals surface area contributed by atoms with E-state index in [2.05, 4.69) is 20.0 Å². The molecule has 1 saturated heterocycles. The standard InChI is InChI=1S/C19H26N6O3/c1-13(2)27-19(26)23-8-4-15(5-9-23)28-18-14(3)17(21-12-22-18)25-10-6-16-20-7-11-24(16)25/h7,11-13,15H,4-6,8-10H2,1-3H3. The second kappa shape index (κ2) is 7.65. The number of anilines is 1. The normalized spacial score (nSPS) is 17.1. The summed E-state index contributed by atoms with van der Waals surface area (Å²) in [6.45, 7) is 7.77. The van der Waals surface area contributed by atoms with E-state index in [0.29, 0.717) is 19.0 Å². The third kappa shape index (κ3) is 3.61. The van der Waals surface area contributed by atoms with Crippen molar-refractivity contribution in [2.24, 2.45) is 0 Å². The Hall–Kier alpha value is -2.84. The van der Waals surface area contributed by atoms with Crippen LogP contribution in [0.25, 0.3) is 0 Å². The fourth-order valence-corrected chi connectivity index (χ4v) is 3.64. The molecule has 0 aliphatic carbocycles. The molecule has 0 spiro atoms. The number of aromatic nitrogens is 4. The van der Waals surface area contributed by atoms with E-state index in [1.54, 1.807) is 17.4 Å². The van der Waals surface area contributed by atoms with Crippen LogP contribution >= 0.6 is 0 Å². The van der Waals surface area contributed by atoms with E-state index in [-0.39, 0.29) is 18.3 Å². The van der Waals surface area contributed by atoms with Crippen molar-refractivity contribution in [1.29, 1.82) is 0 Å². The SMILES string of the molecule is Cc1c(OC2CCN(C(=O)OC(C)C)CC2)ncnc1N1CCc2nccn21. The smallest absolute Gasteiger partial charge is 0.410 e. The van der Waals surface area contributed by atoms with Gasteiger partial charge in [0.1, 0.15) is 18.3 Å². The molecule has 0 saturated carbocycles. The Morgan fingerprint density at radius 1 is 1.18 bits per heavy atom. The lowest BCUT2D eigenvalue weighted by molar-refractivity contribution is 0.0505. The molecule has 0 unspecified atom stereocenters. The number of amides is 1. The number of piperidine rings is 1. The highest BCUT2D eigenvalue weighted by Gasteiger charge is 2.28. The molecule has 0 radical (unpaired) electrons. The highest BCUT2D eigenvalue weighted by Crippen LogP contribution is 2.29. The van der Waals surface area contributed by atoms with Gasteiger partial charge in [0, 0.05) is 51.3 Å². The van der Waals surface area contributed by atoms with Crippen LogP contribution in [-0.4, -0.2) is 62.5 Å². The van der Waals surface area contributed by atoms with Crippen molar-refractivity contribution in [2.75, 3.05) is 24.6 Å². The number of carbonyl (C=O) groups is 1. The zero-order valence-electron chi connectivity index (χ0n) is 16.5. The van der Waals surface area contributed by atoms with Crippen molar-refractivity contribution in [1.82, 2.24) is 24.5 Å². The van der Waals surface area contributed by atoms with Gasteiger partial charge in [0.25, 0.3) is 0 Å². The molecular formula is C19H26N6O3. The average molecular weight is 386 g/mol. The van der Waals surface area contributed by atoms with E-state index in [0.717, 1.165) is 43.0 Å². The first kappa shape index (κ1) is 18.5. The van der Waals surface area contributed by atoms with Gasteiger partial charge in [0.15, 0.2) is 5.82 Å². The summed E-state index contributed by atoms with van der Waals surface area (Å²) in [6.07, 6.45) is 7.34. The summed E-state index contributed by atoms with van der Waals surface area (Å²) < 4.78 is 13.5. The molecule has 1 fully saturated rings. The van der Waals surface area contributed by atoms with E-state index in [9.17, 15) is 4.79 Å². The van der Waals surface area contributed by atoms with Gasteiger partial charge >= 0.3 is 6.09 Å². The molecule has 2 aromatic rings. The van der Waals surface area contributed by atoms with E-state index in [1.165, 1.54) is 0 Å². The quantitative estimate of drug-likeness (QED) is 0.796. The van der Waals surface area contributed by atoms with Crippen LogP contribution in [0.5, 0.6) is 5.88 Å². The largest absolute Gasteiger partial charge is 0.474 e. The number of imidazole rings is 1. The number of ether oxygens (including phenoxy) is 2. The maximum Gasteiger partial charge on any atom is 0.410 e. The first-order valence-electron chi connectivity index (χ1n) is 9.76. The number of carbonyl (C=O) groups excluding carboxylic acids is 1. The zero-order chi connectivity index (χ0) is 19.7. The van der Waals surface area contributed by atoms with E-state index in [4.69, 9.17) is 9.47 Å². The topological polar surface area (TPSA) is 85.6 Å². The van der Waals surface area contributed by atoms with Gasteiger partial charge in [-0.3, -0.25) is 5.01 Å². The van der Waals surface area contributed by atoms with Crippen LogP contribution in [0.1, 0.15) is 38.1 Å². The molecule has 2 aromatic heterocycles. The Morgan fingerprint density at radius 3 is 2.71 bits per heavy atom. The Bertz CT molecular complexity index is 844. The van der Waals surface area contributed by atoms with Gasteiger partial charge in [0.05, 0.1) is 11.7 Å². The van der Waals surface area contributed by atoms with Crippen molar-refractivity contribution in [3.8, 4) is 5.88 Å². The predicted molar refractivity (Wildman–Crippen MR) is 102 cm³/mol. The van der Waals surface area contributed by atoms with E-state index in [1.807, 2.05) is 31.6 Å². The van der Waals surface area contributed by atoms with Crippen molar-refractivity contribution < 1.29 is 14.3 Å². The number of hydrogen-bond acceptors (Lipinski definition) is 7. The molecule has 28 heavy (non-hydrogen) atoms. The molecule has 2 aliphatic heterocycles. The maximum absolute atomic E-state index is 12.0. The first-order valence-corrected chi connectivity index (χ1v) is 9.76. The van der Waals surface area contributed by atoms with E-state index >= 15 is 0 Å². The van der Waals surface area contributed by atoms with Crippen molar-refractivity contribution in [3.63, 3.8) is 0 Å². The third-order valence-corrected chi connectivity index (χ3v) is 5.07. The number of hydrogen-bond donors (Lipinski definition) is 0. The minimum atomic E-state index is -0.251. The Labute approximate surface area is 164 Å². The summed E-state index contributed by atoms with van der Waals surface area (Å²) in [5.74, 6) is 2.46. The van der Waals surface area contributed by atoms with Crippen molar-refractivity contribution in [3.05, 3.63) is 30.1 Å². The number of nitrogens with zero attached hydrogens (tertiary/aromatic N) is 6. The average Bonchev–Trinajstić information content (AvgIpc) is 3.27. The van der Waals surface area contributed by atoms with Gasteiger partial charge in [0.2, 0.25) is 5.88 Å². The molecule has 0 atom stereocenters. The number of rotatable bonds is 4. The summed E-state index contributed by atoms with van der Waals surface area (Å²) in [5.41, 5.74) is 0.908. The fourth-order valence-electron chi connectivity index (χ4n) is 3.64. The van der Waals surface area contributed by atoms with Crippen molar-refractivity contribution >= 4 is 11.9 Å². The van der Waals surface area contributed by atoms with Crippen LogP contribution in [0.4, 0.5) is 10.6 Å². The Morgan fingerprint density at radius 2 is 1.96 bits per heavy atom. The van der Waals surface area contributed by atoms with Crippen molar-refractivity contribution in [2.45, 2.75) is 52.2 Å². The zero-order valence-corrected chi connectivity index (χ0v) is 16.5. The molecular weight excluding hydrogens is 360 g/mol. The summed E-state index contributed by atoms with van der Waals surface area (Å²) in [5, 5.41) is 2.09. The molecule has 2 aliphatic rings. The first-order chi connectivity index (χ1) is 13.5. The third-order valence-electron chi connectivity index (χ3n) is 5.07. The molecule has 4 rings (SSSR count). The minimum Gasteiger partial charge on any atom is -0.474 e. The fraction of sp³-hybridized carbons (Fsp3) is 0.579. The summed E-state index contributed by atoms with van der Waals surface area (Å²) in [6, 6.07) is 0. The monoisotopic (exact) mass is 386 g/mol. The second-order valence-electron chi connectivity index (χ2n) is 7.43. The van der Waals surface area contributed by atoms with Crippen LogP contribution in [0.3, 0.4) is 0 Å². The van der Waals surface area contributed by atoms with Gasteiger partial charge in [-0.15, -0.1) is 0 Å². The summed E-state index contributed by atoms with van der Waals surface area (Å²) in [4.78, 5) is 27.0. The van der Waals surface area contributed by atoms with Gasteiger partial charge in [-0.1, -0.05) is 0 Å². The van der Waals surface area contributed by atoms with Crippen LogP contribution in [0.2, 0.25) is 0 Å². The van der Waals surface area contributed by atoms with Gasteiger partial charge in [-0.25, -0.2) is 24.4 Å². The van der Waals surface area contributed by atoms with Crippen LogP contribution < -0.4 is 9.75 Å². The predicted octanol–water partition coefficient (Wildman–Crippen LogP) is 2.20. The Kier molecular flexibility index (Phi) is 5.06. The molecule has 4 heterocycles. The molecule has 0 bridgehead atoms. The number of likely N-dealkylation sites (tertiary alicyclic amines) is 1. The molecule has 9 nitrogen and oxygen atoms in total. The molecule has 150 valence electrons. The second-order valence-corrected chi connectivity index (χ2v) is 7.43. The number of fused-ring (bicyclic) bond motifs is 1.